The van der Waals surface area contributed by atoms with Gasteiger partial charge in [-0.15, -0.1) is 0 Å². The average molecular weight is 353 g/mol. The van der Waals surface area contributed by atoms with Crippen molar-refractivity contribution in [2.75, 3.05) is 39.4 Å². The van der Waals surface area contributed by atoms with Gasteiger partial charge >= 0.3 is 0 Å². The van der Waals surface area contributed by atoms with E-state index < -0.39 is 10.0 Å². The van der Waals surface area contributed by atoms with Crippen molar-refractivity contribution in [2.24, 2.45) is 5.92 Å². The molecule has 3 rings (SSSR count). The van der Waals surface area contributed by atoms with Crippen molar-refractivity contribution in [1.82, 2.24) is 9.21 Å². The Morgan fingerprint density at radius 2 is 1.88 bits per heavy atom. The van der Waals surface area contributed by atoms with Gasteiger partial charge in [-0.05, 0) is 24.0 Å². The summed E-state index contributed by atoms with van der Waals surface area (Å²) < 4.78 is 32.7. The van der Waals surface area contributed by atoms with Crippen LogP contribution in [0.15, 0.2) is 29.2 Å². The lowest BCUT2D eigenvalue weighted by molar-refractivity contribution is 0.0726. The highest BCUT2D eigenvalue weighted by Gasteiger charge is 2.31. The van der Waals surface area contributed by atoms with Crippen LogP contribution in [-0.4, -0.2) is 57.0 Å². The molecule has 0 aromatic heterocycles. The Labute approximate surface area is 145 Å². The number of benzene rings is 1. The third-order valence-electron chi connectivity index (χ3n) is 4.95. The van der Waals surface area contributed by atoms with Crippen molar-refractivity contribution in [3.63, 3.8) is 0 Å². The average Bonchev–Trinajstić information content (AvgIpc) is 2.58. The maximum Gasteiger partial charge on any atom is 0.243 e. The van der Waals surface area contributed by atoms with Crippen molar-refractivity contribution in [2.45, 2.75) is 37.6 Å². The molecule has 2 saturated heterocycles. The first-order chi connectivity index (χ1) is 11.6. The molecular weight excluding hydrogens is 324 g/mol. The molecule has 2 fully saturated rings. The van der Waals surface area contributed by atoms with Crippen molar-refractivity contribution in [3.05, 3.63) is 29.8 Å². The van der Waals surface area contributed by atoms with E-state index in [1.54, 1.807) is 10.4 Å². The molecule has 2 aliphatic rings. The second kappa shape index (κ2) is 7.95. The fourth-order valence-electron chi connectivity index (χ4n) is 3.53. The summed E-state index contributed by atoms with van der Waals surface area (Å²) in [5, 5.41) is 0. The molecule has 134 valence electrons. The van der Waals surface area contributed by atoms with E-state index in [0.29, 0.717) is 31.2 Å². The molecule has 2 heterocycles. The van der Waals surface area contributed by atoms with E-state index >= 15 is 0 Å². The van der Waals surface area contributed by atoms with E-state index in [2.05, 4.69) is 11.8 Å². The smallest absolute Gasteiger partial charge is 0.243 e. The molecule has 6 heteroatoms. The van der Waals surface area contributed by atoms with Gasteiger partial charge in [-0.2, -0.15) is 4.31 Å². The maximum atomic E-state index is 13.0. The Hall–Kier alpha value is -0.950. The Bertz CT molecular complexity index is 635. The summed E-state index contributed by atoms with van der Waals surface area (Å²) in [6, 6.07) is 7.44. The molecule has 1 aromatic rings. The fraction of sp³-hybridized carbons (Fsp3) is 0.667. The molecule has 0 spiro atoms. The second-order valence-corrected chi connectivity index (χ2v) is 8.73. The number of unbranched alkanes of at least 4 members (excludes halogenated alkanes) is 1. The van der Waals surface area contributed by atoms with E-state index in [0.717, 1.165) is 31.1 Å². The number of hydrogen-bond acceptors (Lipinski definition) is 4. The lowest BCUT2D eigenvalue weighted by atomic mass is 9.93. The minimum absolute atomic E-state index is 0.444. The highest BCUT2D eigenvalue weighted by atomic mass is 32.2. The van der Waals surface area contributed by atoms with Crippen LogP contribution in [0.1, 0.15) is 31.7 Å². The summed E-state index contributed by atoms with van der Waals surface area (Å²) in [6.07, 6.45) is 3.83. The number of hydrogen-bond donors (Lipinski definition) is 0. The summed E-state index contributed by atoms with van der Waals surface area (Å²) in [5.74, 6) is 0.785. The SMILES string of the molecule is CCCCC1CN(Cc2ccccc2S(=O)(=O)N2CCOCC2)C1. The first kappa shape index (κ1) is 17.9. The Kier molecular flexibility index (Phi) is 5.92. The van der Waals surface area contributed by atoms with Crippen molar-refractivity contribution in [1.29, 1.82) is 0 Å². The van der Waals surface area contributed by atoms with E-state index in [-0.39, 0.29) is 0 Å². The van der Waals surface area contributed by atoms with Gasteiger partial charge in [-0.1, -0.05) is 38.0 Å². The third kappa shape index (κ3) is 3.99. The van der Waals surface area contributed by atoms with Crippen molar-refractivity contribution < 1.29 is 13.2 Å². The summed E-state index contributed by atoms with van der Waals surface area (Å²) in [7, 11) is -3.42. The first-order valence-electron chi connectivity index (χ1n) is 8.99. The van der Waals surface area contributed by atoms with Gasteiger partial charge < -0.3 is 4.74 Å². The van der Waals surface area contributed by atoms with Gasteiger partial charge in [0.15, 0.2) is 0 Å². The Morgan fingerprint density at radius 3 is 2.58 bits per heavy atom. The number of rotatable bonds is 7. The molecule has 0 radical (unpaired) electrons. The molecule has 0 amide bonds. The van der Waals surface area contributed by atoms with Crippen LogP contribution in [0, 0.1) is 5.92 Å². The summed E-state index contributed by atoms with van der Waals surface area (Å²) in [4.78, 5) is 2.82. The largest absolute Gasteiger partial charge is 0.379 e. The van der Waals surface area contributed by atoms with E-state index in [9.17, 15) is 8.42 Å². The monoisotopic (exact) mass is 352 g/mol. The molecular formula is C18H28N2O3S. The predicted molar refractivity (Wildman–Crippen MR) is 94.3 cm³/mol. The lowest BCUT2D eigenvalue weighted by Gasteiger charge is -2.40. The number of morpholine rings is 1. The second-order valence-electron chi connectivity index (χ2n) is 6.83. The highest BCUT2D eigenvalue weighted by Crippen LogP contribution is 2.27. The minimum atomic E-state index is -3.42. The zero-order valence-electron chi connectivity index (χ0n) is 14.5. The van der Waals surface area contributed by atoms with E-state index in [1.807, 2.05) is 18.2 Å². The lowest BCUT2D eigenvalue weighted by Crippen LogP contribution is -2.46. The number of ether oxygens (including phenoxy) is 1. The fourth-order valence-corrected chi connectivity index (χ4v) is 5.16. The van der Waals surface area contributed by atoms with Crippen LogP contribution < -0.4 is 0 Å². The van der Waals surface area contributed by atoms with Gasteiger partial charge in [0.1, 0.15) is 0 Å². The van der Waals surface area contributed by atoms with Crippen LogP contribution in [0.5, 0.6) is 0 Å². The predicted octanol–water partition coefficient (Wildman–Crippen LogP) is 2.33. The van der Waals surface area contributed by atoms with Gasteiger partial charge in [-0.25, -0.2) is 8.42 Å². The summed E-state index contributed by atoms with van der Waals surface area (Å²) in [6.45, 7) is 6.97. The normalized spacial score (nSPS) is 20.9. The van der Waals surface area contributed by atoms with Crippen LogP contribution >= 0.6 is 0 Å². The minimum Gasteiger partial charge on any atom is -0.379 e. The zero-order valence-corrected chi connectivity index (χ0v) is 15.3. The molecule has 0 bridgehead atoms. The number of nitrogens with zero attached hydrogens (tertiary/aromatic N) is 2. The highest BCUT2D eigenvalue weighted by molar-refractivity contribution is 7.89. The molecule has 24 heavy (non-hydrogen) atoms. The van der Waals surface area contributed by atoms with Crippen LogP contribution in [0.25, 0.3) is 0 Å². The summed E-state index contributed by atoms with van der Waals surface area (Å²) in [5.41, 5.74) is 0.915. The van der Waals surface area contributed by atoms with Gasteiger partial charge in [0.05, 0.1) is 18.1 Å². The molecule has 0 atom stereocenters. The maximum absolute atomic E-state index is 13.0. The van der Waals surface area contributed by atoms with E-state index in [4.69, 9.17) is 4.74 Å². The Balaban J connectivity index is 1.67. The van der Waals surface area contributed by atoms with Gasteiger partial charge in [0.2, 0.25) is 10.0 Å². The topological polar surface area (TPSA) is 49.9 Å². The molecule has 0 unspecified atom stereocenters. The van der Waals surface area contributed by atoms with Gasteiger partial charge in [0.25, 0.3) is 0 Å². The zero-order chi connectivity index (χ0) is 17.0. The molecule has 2 aliphatic heterocycles. The Morgan fingerprint density at radius 1 is 1.17 bits per heavy atom. The third-order valence-corrected chi connectivity index (χ3v) is 6.95. The van der Waals surface area contributed by atoms with Crippen LogP contribution in [0.4, 0.5) is 0 Å². The van der Waals surface area contributed by atoms with E-state index in [1.165, 1.54) is 19.3 Å². The van der Waals surface area contributed by atoms with Crippen LogP contribution in [0.3, 0.4) is 0 Å². The van der Waals surface area contributed by atoms with Crippen LogP contribution in [0.2, 0.25) is 0 Å². The molecule has 1 aromatic carbocycles. The van der Waals surface area contributed by atoms with Crippen molar-refractivity contribution in [3.8, 4) is 0 Å². The van der Waals surface area contributed by atoms with Crippen molar-refractivity contribution >= 4 is 10.0 Å². The number of likely N-dealkylation sites (tertiary alicyclic amines) is 1. The molecule has 0 saturated carbocycles. The summed E-state index contributed by atoms with van der Waals surface area (Å²) >= 11 is 0. The molecule has 0 N–H and O–H groups in total. The van der Waals surface area contributed by atoms with Crippen LogP contribution in [-0.2, 0) is 21.3 Å². The standard InChI is InChI=1S/C18H28N2O3S/c1-2-3-6-16-13-19(14-16)15-17-7-4-5-8-18(17)24(21,22)20-9-11-23-12-10-20/h4-5,7-8,16H,2-3,6,9-15H2,1H3. The number of sulfonamides is 1. The molecule has 0 aliphatic carbocycles. The molecule has 5 nitrogen and oxygen atoms in total. The quantitative estimate of drug-likeness (QED) is 0.756. The first-order valence-corrected chi connectivity index (χ1v) is 10.4. The van der Waals surface area contributed by atoms with Gasteiger partial charge in [-0.3, -0.25) is 4.90 Å². The van der Waals surface area contributed by atoms with Gasteiger partial charge in [0, 0.05) is 32.7 Å².